The maximum absolute atomic E-state index is 12.7. The summed E-state index contributed by atoms with van der Waals surface area (Å²) in [5.41, 5.74) is 3.64. The van der Waals surface area contributed by atoms with Gasteiger partial charge in [0.2, 0.25) is 0 Å². The van der Waals surface area contributed by atoms with Crippen LogP contribution in [0.2, 0.25) is 0 Å². The molecule has 2 aromatic carbocycles. The lowest BCUT2D eigenvalue weighted by Gasteiger charge is -2.19. The van der Waals surface area contributed by atoms with E-state index in [1.165, 1.54) is 24.0 Å². The standard InChI is InChI=1S/C24H30N2O3/c1-3-4-15-25-24(28)21-11-7-8-12-22(21)26-23(27)17(2)29-20-14-13-18-9-5-6-10-19(18)16-20/h7-8,11-14,16-17H,3-6,9-10,15H2,1-2H3,(H,25,28)(H,26,27)/t17-/m1/s1. The van der Waals surface area contributed by atoms with Gasteiger partial charge in [-0.1, -0.05) is 31.5 Å². The van der Waals surface area contributed by atoms with Crippen LogP contribution in [0.1, 0.15) is 61.0 Å². The SMILES string of the molecule is CCCCNC(=O)c1ccccc1NC(=O)[C@@H](C)Oc1ccc2c(c1)CCCC2. The second kappa shape index (κ2) is 10.1. The predicted molar refractivity (Wildman–Crippen MR) is 115 cm³/mol. The maximum atomic E-state index is 12.7. The van der Waals surface area contributed by atoms with E-state index >= 15 is 0 Å². The molecule has 0 radical (unpaired) electrons. The Morgan fingerprint density at radius 1 is 1.07 bits per heavy atom. The molecule has 3 rings (SSSR count). The Hall–Kier alpha value is -2.82. The third kappa shape index (κ3) is 5.59. The van der Waals surface area contributed by atoms with Crippen molar-refractivity contribution in [3.05, 3.63) is 59.2 Å². The normalized spacial score (nSPS) is 13.9. The largest absolute Gasteiger partial charge is 0.481 e. The van der Waals surface area contributed by atoms with E-state index in [2.05, 4.69) is 23.6 Å². The first-order chi connectivity index (χ1) is 14.1. The van der Waals surface area contributed by atoms with Gasteiger partial charge in [0.15, 0.2) is 6.10 Å². The predicted octanol–water partition coefficient (Wildman–Crippen LogP) is 4.50. The molecule has 2 amide bonds. The van der Waals surface area contributed by atoms with E-state index < -0.39 is 6.10 Å². The molecule has 1 aliphatic carbocycles. The number of para-hydroxylation sites is 1. The molecule has 2 aromatic rings. The number of unbranched alkanes of at least 4 members (excludes halogenated alkanes) is 1. The van der Waals surface area contributed by atoms with Gasteiger partial charge in [-0.3, -0.25) is 9.59 Å². The van der Waals surface area contributed by atoms with Crippen LogP contribution in [0.3, 0.4) is 0 Å². The second-order valence-corrected chi connectivity index (χ2v) is 7.54. The van der Waals surface area contributed by atoms with Gasteiger partial charge in [-0.05, 0) is 74.4 Å². The third-order valence-corrected chi connectivity index (χ3v) is 5.25. The number of hydrogen-bond acceptors (Lipinski definition) is 3. The van der Waals surface area contributed by atoms with Crippen molar-refractivity contribution >= 4 is 17.5 Å². The van der Waals surface area contributed by atoms with Crippen LogP contribution in [-0.2, 0) is 17.6 Å². The highest BCUT2D eigenvalue weighted by Crippen LogP contribution is 2.26. The number of carbonyl (C=O) groups excluding carboxylic acids is 2. The highest BCUT2D eigenvalue weighted by molar-refractivity contribution is 6.04. The minimum atomic E-state index is -0.673. The van der Waals surface area contributed by atoms with E-state index in [9.17, 15) is 9.59 Å². The number of ether oxygens (including phenoxy) is 1. The lowest BCUT2D eigenvalue weighted by atomic mass is 9.92. The number of nitrogens with one attached hydrogen (secondary N) is 2. The molecule has 0 unspecified atom stereocenters. The van der Waals surface area contributed by atoms with Crippen molar-refractivity contribution in [3.8, 4) is 5.75 Å². The van der Waals surface area contributed by atoms with Gasteiger partial charge in [0.1, 0.15) is 5.75 Å². The lowest BCUT2D eigenvalue weighted by Crippen LogP contribution is -2.32. The Morgan fingerprint density at radius 2 is 1.83 bits per heavy atom. The number of carbonyl (C=O) groups is 2. The van der Waals surface area contributed by atoms with Gasteiger partial charge < -0.3 is 15.4 Å². The summed E-state index contributed by atoms with van der Waals surface area (Å²) in [5, 5.41) is 5.73. The zero-order valence-corrected chi connectivity index (χ0v) is 17.3. The molecule has 1 aliphatic rings. The van der Waals surface area contributed by atoms with Crippen molar-refractivity contribution in [2.24, 2.45) is 0 Å². The van der Waals surface area contributed by atoms with Crippen LogP contribution < -0.4 is 15.4 Å². The van der Waals surface area contributed by atoms with Gasteiger partial charge in [-0.2, -0.15) is 0 Å². The van der Waals surface area contributed by atoms with Gasteiger partial charge in [0.05, 0.1) is 11.3 Å². The van der Waals surface area contributed by atoms with Crippen LogP contribution in [0, 0.1) is 0 Å². The van der Waals surface area contributed by atoms with E-state index in [1.54, 1.807) is 31.2 Å². The van der Waals surface area contributed by atoms with E-state index in [1.807, 2.05) is 12.1 Å². The maximum Gasteiger partial charge on any atom is 0.265 e. The van der Waals surface area contributed by atoms with Crippen LogP contribution in [0.5, 0.6) is 5.75 Å². The Kier molecular flexibility index (Phi) is 7.28. The third-order valence-electron chi connectivity index (χ3n) is 5.25. The second-order valence-electron chi connectivity index (χ2n) is 7.54. The minimum absolute atomic E-state index is 0.183. The molecule has 0 spiro atoms. The number of rotatable bonds is 8. The summed E-state index contributed by atoms with van der Waals surface area (Å²) in [5.74, 6) is 0.244. The highest BCUT2D eigenvalue weighted by Gasteiger charge is 2.19. The van der Waals surface area contributed by atoms with Crippen LogP contribution in [0.25, 0.3) is 0 Å². The smallest absolute Gasteiger partial charge is 0.265 e. The summed E-state index contributed by atoms with van der Waals surface area (Å²) >= 11 is 0. The number of hydrogen-bond donors (Lipinski definition) is 2. The van der Waals surface area contributed by atoms with Crippen LogP contribution in [0.15, 0.2) is 42.5 Å². The van der Waals surface area contributed by atoms with Crippen molar-refractivity contribution in [1.82, 2.24) is 5.32 Å². The Bertz CT molecular complexity index is 863. The van der Waals surface area contributed by atoms with Gasteiger partial charge in [0, 0.05) is 6.54 Å². The molecule has 0 bridgehead atoms. The van der Waals surface area contributed by atoms with Gasteiger partial charge in [-0.15, -0.1) is 0 Å². The van der Waals surface area contributed by atoms with E-state index in [4.69, 9.17) is 4.74 Å². The van der Waals surface area contributed by atoms with Crippen molar-refractivity contribution in [3.63, 3.8) is 0 Å². The molecule has 154 valence electrons. The summed E-state index contributed by atoms with van der Waals surface area (Å²) in [4.78, 5) is 25.1. The molecule has 0 aliphatic heterocycles. The number of fused-ring (bicyclic) bond motifs is 1. The van der Waals surface area contributed by atoms with Crippen molar-refractivity contribution in [1.29, 1.82) is 0 Å². The number of amides is 2. The molecule has 2 N–H and O–H groups in total. The average Bonchev–Trinajstić information content (AvgIpc) is 2.74. The first kappa shape index (κ1) is 20.9. The molecule has 1 atom stereocenters. The Balaban J connectivity index is 1.63. The quantitative estimate of drug-likeness (QED) is 0.648. The molecule has 5 heteroatoms. The fraction of sp³-hybridized carbons (Fsp3) is 0.417. The molecule has 0 heterocycles. The van der Waals surface area contributed by atoms with Crippen LogP contribution >= 0.6 is 0 Å². The zero-order valence-electron chi connectivity index (χ0n) is 17.3. The first-order valence-corrected chi connectivity index (χ1v) is 10.5. The van der Waals surface area contributed by atoms with Crippen molar-refractivity contribution in [2.75, 3.05) is 11.9 Å². The minimum Gasteiger partial charge on any atom is -0.481 e. The molecule has 5 nitrogen and oxygen atoms in total. The summed E-state index contributed by atoms with van der Waals surface area (Å²) < 4.78 is 5.88. The molecule has 29 heavy (non-hydrogen) atoms. The van der Waals surface area contributed by atoms with Crippen LogP contribution in [-0.4, -0.2) is 24.5 Å². The van der Waals surface area contributed by atoms with Crippen LogP contribution in [0.4, 0.5) is 5.69 Å². The monoisotopic (exact) mass is 394 g/mol. The van der Waals surface area contributed by atoms with E-state index in [0.717, 1.165) is 25.7 Å². The lowest BCUT2D eigenvalue weighted by molar-refractivity contribution is -0.122. The summed E-state index contributed by atoms with van der Waals surface area (Å²) in [6, 6.07) is 13.1. The van der Waals surface area contributed by atoms with Gasteiger partial charge >= 0.3 is 0 Å². The zero-order chi connectivity index (χ0) is 20.6. The molecule has 0 saturated heterocycles. The number of aryl methyl sites for hydroxylation is 2. The van der Waals surface area contributed by atoms with E-state index in [0.29, 0.717) is 23.5 Å². The Morgan fingerprint density at radius 3 is 2.62 bits per heavy atom. The number of anilines is 1. The molecule has 0 aromatic heterocycles. The first-order valence-electron chi connectivity index (χ1n) is 10.5. The van der Waals surface area contributed by atoms with E-state index in [-0.39, 0.29) is 11.8 Å². The average molecular weight is 395 g/mol. The topological polar surface area (TPSA) is 67.4 Å². The van der Waals surface area contributed by atoms with Crippen molar-refractivity contribution in [2.45, 2.75) is 58.5 Å². The van der Waals surface area contributed by atoms with Gasteiger partial charge in [0.25, 0.3) is 11.8 Å². The summed E-state index contributed by atoms with van der Waals surface area (Å²) in [6.07, 6.45) is 5.87. The summed E-state index contributed by atoms with van der Waals surface area (Å²) in [7, 11) is 0. The fourth-order valence-corrected chi connectivity index (χ4v) is 3.54. The molecular formula is C24H30N2O3. The molecular weight excluding hydrogens is 364 g/mol. The Labute approximate surface area is 172 Å². The highest BCUT2D eigenvalue weighted by atomic mass is 16.5. The van der Waals surface area contributed by atoms with Crippen molar-refractivity contribution < 1.29 is 14.3 Å². The van der Waals surface area contributed by atoms with Gasteiger partial charge in [-0.25, -0.2) is 0 Å². The summed E-state index contributed by atoms with van der Waals surface area (Å²) in [6.45, 7) is 4.42. The molecule has 0 saturated carbocycles. The number of benzene rings is 2. The fourth-order valence-electron chi connectivity index (χ4n) is 3.54. The molecule has 0 fully saturated rings.